The van der Waals surface area contributed by atoms with E-state index in [9.17, 15) is 26.3 Å². The van der Waals surface area contributed by atoms with Crippen LogP contribution < -0.4 is 15.5 Å². The molecule has 1 aliphatic heterocycles. The Morgan fingerprint density at radius 1 is 1.10 bits per heavy atom. The number of anilines is 3. The maximum Gasteiger partial charge on any atom is 0.411 e. The number of halogens is 6. The van der Waals surface area contributed by atoms with Gasteiger partial charge in [0.05, 0.1) is 19.8 Å². The maximum atomic E-state index is 12.7. The number of pyridine rings is 1. The molecule has 0 spiro atoms. The van der Waals surface area contributed by atoms with Crippen LogP contribution in [0.25, 0.3) is 11.0 Å². The highest BCUT2D eigenvalue weighted by atomic mass is 19.4. The lowest BCUT2D eigenvalue weighted by atomic mass is 10.2. The molecule has 1 atom stereocenters. The number of piperazine rings is 1. The van der Waals surface area contributed by atoms with E-state index in [-0.39, 0.29) is 41.7 Å². The van der Waals surface area contributed by atoms with Gasteiger partial charge in [-0.25, -0.2) is 9.97 Å². The normalized spacial score (nSPS) is 16.7. The summed E-state index contributed by atoms with van der Waals surface area (Å²) in [6.45, 7) is 1.71. The van der Waals surface area contributed by atoms with E-state index < -0.39 is 32.2 Å². The number of alkyl halides is 6. The zero-order chi connectivity index (χ0) is 28.2. The van der Waals surface area contributed by atoms with Crippen molar-refractivity contribution in [3.8, 4) is 0 Å². The monoisotopic (exact) mass is 562 g/mol. The summed E-state index contributed by atoms with van der Waals surface area (Å²) in [5.74, 6) is 0.992. The Balaban J connectivity index is 1.76. The van der Waals surface area contributed by atoms with Crippen molar-refractivity contribution in [1.82, 2.24) is 30.0 Å². The molecular weight excluding hydrogens is 534 g/mol. The fourth-order valence-corrected chi connectivity index (χ4v) is 4.06. The van der Waals surface area contributed by atoms with Crippen LogP contribution in [0.2, 0.25) is 0 Å². The van der Waals surface area contributed by atoms with Crippen molar-refractivity contribution in [2.45, 2.75) is 45.4 Å². The van der Waals surface area contributed by atoms with Gasteiger partial charge in [0.1, 0.15) is 35.8 Å². The van der Waals surface area contributed by atoms with Crippen molar-refractivity contribution in [2.75, 3.05) is 49.7 Å². The fourth-order valence-electron chi connectivity index (χ4n) is 4.06. The molecular formula is C23H28F6N8O2. The van der Waals surface area contributed by atoms with Gasteiger partial charge in [0.2, 0.25) is 5.95 Å². The van der Waals surface area contributed by atoms with Gasteiger partial charge < -0.3 is 25.0 Å². The SMILES string of the molecule is Cc1ccnc(Nc2nc(N3CCN[C@H](C)C3)nc3c(COCC(F)(F)F)nn(CCOCC(F)(F)F)c23)c1. The minimum absolute atomic E-state index is 0.0807. The molecule has 3 aromatic heterocycles. The summed E-state index contributed by atoms with van der Waals surface area (Å²) < 4.78 is 86.8. The predicted molar refractivity (Wildman–Crippen MR) is 130 cm³/mol. The van der Waals surface area contributed by atoms with Crippen LogP contribution in [0.1, 0.15) is 18.2 Å². The van der Waals surface area contributed by atoms with Crippen molar-refractivity contribution in [3.05, 3.63) is 29.6 Å². The summed E-state index contributed by atoms with van der Waals surface area (Å²) in [5, 5.41) is 10.8. The van der Waals surface area contributed by atoms with E-state index >= 15 is 0 Å². The third-order valence-corrected chi connectivity index (χ3v) is 5.68. The molecule has 4 heterocycles. The molecule has 0 aromatic carbocycles. The second-order valence-electron chi connectivity index (χ2n) is 9.16. The number of aromatic nitrogens is 5. The van der Waals surface area contributed by atoms with Crippen molar-refractivity contribution in [3.63, 3.8) is 0 Å². The quantitative estimate of drug-likeness (QED) is 0.283. The van der Waals surface area contributed by atoms with E-state index in [1.807, 2.05) is 18.7 Å². The zero-order valence-corrected chi connectivity index (χ0v) is 21.2. The first kappa shape index (κ1) is 28.8. The lowest BCUT2D eigenvalue weighted by Gasteiger charge is -2.32. The second kappa shape index (κ2) is 11.9. The number of rotatable bonds is 10. The summed E-state index contributed by atoms with van der Waals surface area (Å²) in [6.07, 6.45) is -7.47. The average molecular weight is 563 g/mol. The van der Waals surface area contributed by atoms with Crippen molar-refractivity contribution < 1.29 is 35.8 Å². The molecule has 0 radical (unpaired) electrons. The fraction of sp³-hybridized carbons (Fsp3) is 0.565. The molecule has 39 heavy (non-hydrogen) atoms. The molecule has 0 amide bonds. The van der Waals surface area contributed by atoms with Crippen molar-refractivity contribution in [1.29, 1.82) is 0 Å². The van der Waals surface area contributed by atoms with Gasteiger partial charge in [-0.3, -0.25) is 4.68 Å². The second-order valence-corrected chi connectivity index (χ2v) is 9.16. The smallest absolute Gasteiger partial charge is 0.370 e. The number of nitrogens with zero attached hydrogens (tertiary/aromatic N) is 6. The largest absolute Gasteiger partial charge is 0.411 e. The summed E-state index contributed by atoms with van der Waals surface area (Å²) in [6, 6.07) is 3.70. The van der Waals surface area contributed by atoms with Crippen LogP contribution in [0, 0.1) is 6.92 Å². The van der Waals surface area contributed by atoms with Gasteiger partial charge in [0, 0.05) is 31.9 Å². The van der Waals surface area contributed by atoms with E-state index in [0.29, 0.717) is 31.4 Å². The van der Waals surface area contributed by atoms with Crippen molar-refractivity contribution in [2.24, 2.45) is 0 Å². The third kappa shape index (κ3) is 8.12. The van der Waals surface area contributed by atoms with Crippen molar-refractivity contribution >= 4 is 28.6 Å². The van der Waals surface area contributed by atoms with E-state index in [0.717, 1.165) is 5.56 Å². The van der Waals surface area contributed by atoms with Gasteiger partial charge in [0.15, 0.2) is 5.82 Å². The van der Waals surface area contributed by atoms with Gasteiger partial charge in [-0.05, 0) is 31.5 Å². The van der Waals surface area contributed by atoms with E-state index in [2.05, 4.69) is 30.7 Å². The zero-order valence-electron chi connectivity index (χ0n) is 21.2. The molecule has 0 aliphatic carbocycles. The van der Waals surface area contributed by atoms with Crippen LogP contribution >= 0.6 is 0 Å². The van der Waals surface area contributed by atoms with Crippen LogP contribution in [0.5, 0.6) is 0 Å². The van der Waals surface area contributed by atoms with Gasteiger partial charge >= 0.3 is 12.4 Å². The Hall–Kier alpha value is -3.24. The number of fused-ring (bicyclic) bond motifs is 1. The van der Waals surface area contributed by atoms with Gasteiger partial charge in [-0.15, -0.1) is 0 Å². The molecule has 3 aromatic rings. The maximum absolute atomic E-state index is 12.7. The molecule has 2 N–H and O–H groups in total. The molecule has 1 aliphatic rings. The van der Waals surface area contributed by atoms with E-state index in [1.165, 1.54) is 4.68 Å². The van der Waals surface area contributed by atoms with Crippen LogP contribution in [-0.2, 0) is 22.6 Å². The van der Waals surface area contributed by atoms with E-state index in [4.69, 9.17) is 9.47 Å². The average Bonchev–Trinajstić information content (AvgIpc) is 3.18. The van der Waals surface area contributed by atoms with Crippen LogP contribution in [0.4, 0.5) is 43.9 Å². The molecule has 0 unspecified atom stereocenters. The Morgan fingerprint density at radius 2 is 1.85 bits per heavy atom. The van der Waals surface area contributed by atoms with Crippen LogP contribution in [0.15, 0.2) is 18.3 Å². The molecule has 16 heteroatoms. The molecule has 4 rings (SSSR count). The van der Waals surface area contributed by atoms with Crippen LogP contribution in [-0.4, -0.2) is 82.6 Å². The lowest BCUT2D eigenvalue weighted by Crippen LogP contribution is -2.49. The third-order valence-electron chi connectivity index (χ3n) is 5.68. The number of nitrogens with one attached hydrogen (secondary N) is 2. The Morgan fingerprint density at radius 3 is 2.54 bits per heavy atom. The minimum atomic E-state index is -4.55. The standard InChI is InChI=1S/C23H28F6N8O2/c1-14-3-4-31-17(9-14)32-20-19-18(33-21(34-20)36-6-5-30-15(2)10-36)16(11-39-13-23(27,28)29)35-37(19)7-8-38-12-22(24,25)26/h3-4,9,15,30H,5-8,10-13H2,1-2H3,(H,31,32,33,34)/t15-/m1/s1. The highest BCUT2D eigenvalue weighted by molar-refractivity contribution is 5.90. The Kier molecular flexibility index (Phi) is 8.76. The Bertz CT molecular complexity index is 1270. The number of ether oxygens (including phenoxy) is 2. The number of hydrogen-bond donors (Lipinski definition) is 2. The molecule has 10 nitrogen and oxygen atoms in total. The molecule has 0 bridgehead atoms. The minimum Gasteiger partial charge on any atom is -0.370 e. The summed E-state index contributed by atoms with van der Waals surface area (Å²) in [4.78, 5) is 15.5. The summed E-state index contributed by atoms with van der Waals surface area (Å²) in [7, 11) is 0. The predicted octanol–water partition coefficient (Wildman–Crippen LogP) is 3.73. The lowest BCUT2D eigenvalue weighted by molar-refractivity contribution is -0.177. The topological polar surface area (TPSA) is 102 Å². The van der Waals surface area contributed by atoms with Gasteiger partial charge in [-0.2, -0.15) is 36.4 Å². The number of aryl methyl sites for hydroxylation is 1. The molecule has 0 saturated carbocycles. The molecule has 1 fully saturated rings. The first-order chi connectivity index (χ1) is 18.4. The van der Waals surface area contributed by atoms with Gasteiger partial charge in [-0.1, -0.05) is 0 Å². The molecule has 214 valence electrons. The first-order valence-corrected chi connectivity index (χ1v) is 12.1. The van der Waals surface area contributed by atoms with Crippen LogP contribution in [0.3, 0.4) is 0 Å². The Labute approximate surface area is 219 Å². The highest BCUT2D eigenvalue weighted by Gasteiger charge is 2.30. The highest BCUT2D eigenvalue weighted by Crippen LogP contribution is 2.30. The van der Waals surface area contributed by atoms with Gasteiger partial charge in [0.25, 0.3) is 0 Å². The number of hydrogen-bond acceptors (Lipinski definition) is 9. The summed E-state index contributed by atoms with van der Waals surface area (Å²) in [5.41, 5.74) is 1.46. The summed E-state index contributed by atoms with van der Waals surface area (Å²) >= 11 is 0. The molecule has 1 saturated heterocycles. The van der Waals surface area contributed by atoms with E-state index in [1.54, 1.807) is 18.3 Å². The first-order valence-electron chi connectivity index (χ1n) is 12.1.